The Morgan fingerprint density at radius 1 is 1.58 bits per heavy atom. The summed E-state index contributed by atoms with van der Waals surface area (Å²) in [4.78, 5) is 22.7. The van der Waals surface area contributed by atoms with Crippen LogP contribution in [0.3, 0.4) is 0 Å². The molecule has 1 amide bonds. The third-order valence-corrected chi connectivity index (χ3v) is 2.62. The second-order valence-corrected chi connectivity index (χ2v) is 6.00. The van der Waals surface area contributed by atoms with E-state index in [4.69, 9.17) is 4.74 Å². The standard InChI is InChI=1S/C12H19IN4O2/c1-12(2,3)19-11(18)17-10(13)15-6-4-5-9-7-14-8-16-9/h7-8H,4-6H2,1-3H3,(H,14,16)(H,15,17,18). The number of nitrogens with one attached hydrogen (secondary N) is 2. The van der Waals surface area contributed by atoms with Gasteiger partial charge in [-0.25, -0.2) is 9.78 Å². The number of carbonyl (C=O) groups is 1. The maximum Gasteiger partial charge on any atom is 0.413 e. The Bertz CT molecular complexity index is 423. The van der Waals surface area contributed by atoms with Crippen molar-refractivity contribution in [3.8, 4) is 0 Å². The molecule has 0 aliphatic heterocycles. The summed E-state index contributed by atoms with van der Waals surface area (Å²) in [6, 6.07) is 0. The molecule has 0 fully saturated rings. The van der Waals surface area contributed by atoms with Crippen LogP contribution in [0.4, 0.5) is 4.79 Å². The van der Waals surface area contributed by atoms with E-state index >= 15 is 0 Å². The van der Waals surface area contributed by atoms with Crippen LogP contribution in [-0.2, 0) is 11.2 Å². The van der Waals surface area contributed by atoms with Crippen molar-refractivity contribution in [2.75, 3.05) is 6.54 Å². The highest BCUT2D eigenvalue weighted by atomic mass is 127. The molecule has 1 aromatic heterocycles. The lowest BCUT2D eigenvalue weighted by Crippen LogP contribution is -2.34. The maximum absolute atomic E-state index is 11.5. The van der Waals surface area contributed by atoms with Gasteiger partial charge in [0.25, 0.3) is 0 Å². The number of aromatic nitrogens is 2. The first-order valence-corrected chi connectivity index (χ1v) is 7.12. The van der Waals surface area contributed by atoms with E-state index in [-0.39, 0.29) is 0 Å². The summed E-state index contributed by atoms with van der Waals surface area (Å²) in [6.07, 6.45) is 4.76. The summed E-state index contributed by atoms with van der Waals surface area (Å²) in [5, 5.41) is 2.59. The van der Waals surface area contributed by atoms with Crippen LogP contribution >= 0.6 is 22.6 Å². The monoisotopic (exact) mass is 378 g/mol. The number of aliphatic imine (C=N–C) groups is 1. The van der Waals surface area contributed by atoms with Gasteiger partial charge in [0.1, 0.15) is 5.60 Å². The topological polar surface area (TPSA) is 79.4 Å². The van der Waals surface area contributed by atoms with Crippen molar-refractivity contribution in [1.29, 1.82) is 0 Å². The van der Waals surface area contributed by atoms with Gasteiger partial charge < -0.3 is 9.72 Å². The molecule has 2 N–H and O–H groups in total. The van der Waals surface area contributed by atoms with Crippen LogP contribution in [0.5, 0.6) is 0 Å². The molecule has 1 heterocycles. The van der Waals surface area contributed by atoms with E-state index in [1.54, 1.807) is 12.5 Å². The molecule has 0 atom stereocenters. The lowest BCUT2D eigenvalue weighted by Gasteiger charge is -2.19. The molecule has 1 aromatic rings. The quantitative estimate of drug-likeness (QED) is 0.278. The largest absolute Gasteiger partial charge is 0.444 e. The minimum atomic E-state index is -0.498. The molecule has 0 spiro atoms. The highest BCUT2D eigenvalue weighted by Crippen LogP contribution is 2.06. The Kier molecular flexibility index (Phi) is 6.26. The zero-order valence-electron chi connectivity index (χ0n) is 11.4. The molecule has 0 saturated heterocycles. The van der Waals surface area contributed by atoms with Crippen molar-refractivity contribution < 1.29 is 9.53 Å². The predicted octanol–water partition coefficient (Wildman–Crippen LogP) is 2.66. The van der Waals surface area contributed by atoms with Gasteiger partial charge in [0.15, 0.2) is 3.84 Å². The van der Waals surface area contributed by atoms with Crippen LogP contribution in [-0.4, -0.2) is 32.0 Å². The normalized spacial score (nSPS) is 12.3. The highest BCUT2D eigenvalue weighted by Gasteiger charge is 2.16. The lowest BCUT2D eigenvalue weighted by molar-refractivity contribution is 0.0565. The summed E-state index contributed by atoms with van der Waals surface area (Å²) in [7, 11) is 0. The first kappa shape index (κ1) is 15.9. The van der Waals surface area contributed by atoms with Gasteiger partial charge in [0, 0.05) is 18.4 Å². The number of hydrogen-bond acceptors (Lipinski definition) is 4. The Balaban J connectivity index is 2.23. The second-order valence-electron chi connectivity index (χ2n) is 4.98. The van der Waals surface area contributed by atoms with Gasteiger partial charge in [-0.1, -0.05) is 0 Å². The van der Waals surface area contributed by atoms with Crippen molar-refractivity contribution >= 4 is 32.5 Å². The van der Waals surface area contributed by atoms with Gasteiger partial charge in [-0.05, 0) is 56.2 Å². The molecule has 0 aliphatic carbocycles. The number of nitrogens with zero attached hydrogens (tertiary/aromatic N) is 2. The number of ether oxygens (including phenoxy) is 1. The number of aromatic amines is 1. The zero-order chi connectivity index (χ0) is 14.3. The van der Waals surface area contributed by atoms with E-state index in [1.165, 1.54) is 0 Å². The summed E-state index contributed by atoms with van der Waals surface area (Å²) < 4.78 is 5.66. The Morgan fingerprint density at radius 3 is 2.89 bits per heavy atom. The summed E-state index contributed by atoms with van der Waals surface area (Å²) >= 11 is 1.98. The Morgan fingerprint density at radius 2 is 2.32 bits per heavy atom. The van der Waals surface area contributed by atoms with Crippen LogP contribution in [0.25, 0.3) is 0 Å². The molecule has 0 saturated carbocycles. The van der Waals surface area contributed by atoms with Crippen LogP contribution in [0.1, 0.15) is 32.9 Å². The third kappa shape index (κ3) is 7.81. The van der Waals surface area contributed by atoms with Crippen LogP contribution in [0.2, 0.25) is 0 Å². The average molecular weight is 378 g/mol. The highest BCUT2D eigenvalue weighted by molar-refractivity contribution is 14.1. The molecular weight excluding hydrogens is 359 g/mol. The Labute approximate surface area is 126 Å². The van der Waals surface area contributed by atoms with E-state index in [2.05, 4.69) is 20.3 Å². The number of imidazole rings is 1. The molecule has 106 valence electrons. The molecule has 7 heteroatoms. The molecule has 19 heavy (non-hydrogen) atoms. The molecular formula is C12H19IN4O2. The summed E-state index contributed by atoms with van der Waals surface area (Å²) in [6.45, 7) is 6.11. The molecule has 0 unspecified atom stereocenters. The maximum atomic E-state index is 11.5. The molecule has 0 radical (unpaired) electrons. The number of rotatable bonds is 4. The van der Waals surface area contributed by atoms with Crippen molar-refractivity contribution in [3.63, 3.8) is 0 Å². The van der Waals surface area contributed by atoms with E-state index in [0.717, 1.165) is 18.5 Å². The van der Waals surface area contributed by atoms with Crippen molar-refractivity contribution in [3.05, 3.63) is 18.2 Å². The zero-order valence-corrected chi connectivity index (χ0v) is 13.5. The molecule has 0 aliphatic rings. The van der Waals surface area contributed by atoms with Crippen molar-refractivity contribution in [2.24, 2.45) is 4.99 Å². The van der Waals surface area contributed by atoms with Gasteiger partial charge in [0.2, 0.25) is 0 Å². The van der Waals surface area contributed by atoms with Crippen molar-refractivity contribution in [2.45, 2.75) is 39.2 Å². The number of alkyl carbamates (subject to hydrolysis) is 1. The number of H-pyrrole nitrogens is 1. The van der Waals surface area contributed by atoms with Crippen LogP contribution < -0.4 is 5.32 Å². The van der Waals surface area contributed by atoms with Gasteiger partial charge in [0.05, 0.1) is 6.33 Å². The Hall–Kier alpha value is -1.12. The fraction of sp³-hybridized carbons (Fsp3) is 0.583. The summed E-state index contributed by atoms with van der Waals surface area (Å²) in [5.41, 5.74) is 0.590. The van der Waals surface area contributed by atoms with Gasteiger partial charge >= 0.3 is 6.09 Å². The smallest absolute Gasteiger partial charge is 0.413 e. The minimum absolute atomic E-state index is 0.478. The number of carbonyl (C=O) groups excluding carboxylic acids is 1. The van der Waals surface area contributed by atoms with Gasteiger partial charge in [-0.3, -0.25) is 10.3 Å². The first-order chi connectivity index (χ1) is 8.87. The van der Waals surface area contributed by atoms with E-state index < -0.39 is 11.7 Å². The average Bonchev–Trinajstić information content (AvgIpc) is 2.74. The van der Waals surface area contributed by atoms with Crippen molar-refractivity contribution in [1.82, 2.24) is 15.3 Å². The van der Waals surface area contributed by atoms with E-state index in [9.17, 15) is 4.79 Å². The number of halogens is 1. The van der Waals surface area contributed by atoms with Gasteiger partial charge in [-0.2, -0.15) is 0 Å². The second kappa shape index (κ2) is 7.46. The summed E-state index contributed by atoms with van der Waals surface area (Å²) in [5.74, 6) is 0. The number of hydrogen-bond donors (Lipinski definition) is 2. The fourth-order valence-corrected chi connectivity index (χ4v) is 1.76. The molecule has 1 rings (SSSR count). The molecule has 0 aromatic carbocycles. The van der Waals surface area contributed by atoms with Crippen LogP contribution in [0, 0.1) is 0 Å². The number of amides is 1. The fourth-order valence-electron chi connectivity index (χ4n) is 1.30. The molecule has 6 nitrogen and oxygen atoms in total. The lowest BCUT2D eigenvalue weighted by atomic mass is 10.2. The van der Waals surface area contributed by atoms with E-state index in [0.29, 0.717) is 10.4 Å². The van der Waals surface area contributed by atoms with E-state index in [1.807, 2.05) is 43.4 Å². The number of amidine groups is 1. The number of aryl methyl sites for hydroxylation is 1. The third-order valence-electron chi connectivity index (χ3n) is 2.01. The van der Waals surface area contributed by atoms with Crippen LogP contribution in [0.15, 0.2) is 17.5 Å². The SMILES string of the molecule is CC(C)(C)OC(=O)NC(I)=NCCCc1cnc[nH]1. The first-order valence-electron chi connectivity index (χ1n) is 6.04. The minimum Gasteiger partial charge on any atom is -0.444 e. The molecule has 0 bridgehead atoms. The predicted molar refractivity (Wildman–Crippen MR) is 82.6 cm³/mol. The van der Waals surface area contributed by atoms with Gasteiger partial charge in [-0.15, -0.1) is 0 Å².